The normalized spacial score (nSPS) is 9.31. The van der Waals surface area contributed by atoms with Crippen LogP contribution in [0.25, 0.3) is 0 Å². The van der Waals surface area contributed by atoms with Crippen LogP contribution in [0.2, 0.25) is 0 Å². The summed E-state index contributed by atoms with van der Waals surface area (Å²) in [5, 5.41) is 8.82. The SMILES string of the molecule is C=C(C)CCOc1cc(C#N)cc(OC)c1. The van der Waals surface area contributed by atoms with Gasteiger partial charge in [0.05, 0.1) is 25.3 Å². The Bertz CT molecular complexity index is 418. The van der Waals surface area contributed by atoms with E-state index in [9.17, 15) is 0 Å². The van der Waals surface area contributed by atoms with Gasteiger partial charge in [-0.25, -0.2) is 0 Å². The molecule has 1 aromatic carbocycles. The van der Waals surface area contributed by atoms with Gasteiger partial charge in [-0.2, -0.15) is 5.26 Å². The van der Waals surface area contributed by atoms with E-state index < -0.39 is 0 Å². The summed E-state index contributed by atoms with van der Waals surface area (Å²) in [4.78, 5) is 0. The van der Waals surface area contributed by atoms with Gasteiger partial charge in [0.1, 0.15) is 11.5 Å². The summed E-state index contributed by atoms with van der Waals surface area (Å²) in [5.41, 5.74) is 1.60. The van der Waals surface area contributed by atoms with E-state index in [1.54, 1.807) is 25.3 Å². The number of methoxy groups -OCH3 is 1. The maximum Gasteiger partial charge on any atom is 0.124 e. The van der Waals surface area contributed by atoms with E-state index >= 15 is 0 Å². The monoisotopic (exact) mass is 217 g/mol. The maximum atomic E-state index is 8.82. The van der Waals surface area contributed by atoms with Crippen molar-refractivity contribution in [3.8, 4) is 17.6 Å². The fourth-order valence-electron chi connectivity index (χ4n) is 1.18. The van der Waals surface area contributed by atoms with Crippen molar-refractivity contribution in [3.63, 3.8) is 0 Å². The van der Waals surface area contributed by atoms with Crippen molar-refractivity contribution in [1.29, 1.82) is 5.26 Å². The summed E-state index contributed by atoms with van der Waals surface area (Å²) in [6.45, 7) is 6.31. The zero-order valence-electron chi connectivity index (χ0n) is 9.62. The van der Waals surface area contributed by atoms with Gasteiger partial charge >= 0.3 is 0 Å². The van der Waals surface area contributed by atoms with Crippen molar-refractivity contribution >= 4 is 0 Å². The largest absolute Gasteiger partial charge is 0.497 e. The molecule has 84 valence electrons. The number of nitrogens with zero attached hydrogens (tertiary/aromatic N) is 1. The average Bonchev–Trinajstić information content (AvgIpc) is 2.28. The number of benzene rings is 1. The molecule has 0 N–H and O–H groups in total. The van der Waals surface area contributed by atoms with Crippen molar-refractivity contribution in [3.05, 3.63) is 35.9 Å². The number of nitriles is 1. The molecule has 3 nitrogen and oxygen atoms in total. The van der Waals surface area contributed by atoms with Crippen molar-refractivity contribution in [2.24, 2.45) is 0 Å². The molecular weight excluding hydrogens is 202 g/mol. The predicted molar refractivity (Wildman–Crippen MR) is 62.6 cm³/mol. The molecule has 0 spiro atoms. The molecule has 0 saturated carbocycles. The third kappa shape index (κ3) is 3.66. The first-order valence-electron chi connectivity index (χ1n) is 5.02. The second kappa shape index (κ2) is 5.82. The lowest BCUT2D eigenvalue weighted by Gasteiger charge is -2.08. The van der Waals surface area contributed by atoms with Crippen molar-refractivity contribution in [2.75, 3.05) is 13.7 Å². The van der Waals surface area contributed by atoms with E-state index in [0.29, 0.717) is 23.7 Å². The minimum Gasteiger partial charge on any atom is -0.497 e. The van der Waals surface area contributed by atoms with Gasteiger partial charge in [-0.3, -0.25) is 0 Å². The topological polar surface area (TPSA) is 42.2 Å². The lowest BCUT2D eigenvalue weighted by molar-refractivity contribution is 0.318. The molecule has 3 heteroatoms. The highest BCUT2D eigenvalue weighted by Gasteiger charge is 2.01. The highest BCUT2D eigenvalue weighted by molar-refractivity contribution is 5.43. The van der Waals surface area contributed by atoms with Gasteiger partial charge in [0.25, 0.3) is 0 Å². The molecule has 0 fully saturated rings. The number of hydrogen-bond donors (Lipinski definition) is 0. The second-order valence-electron chi connectivity index (χ2n) is 3.56. The predicted octanol–water partition coefficient (Wildman–Crippen LogP) is 2.91. The number of ether oxygens (including phenoxy) is 2. The molecule has 0 aliphatic carbocycles. The Hall–Kier alpha value is -1.95. The van der Waals surface area contributed by atoms with Crippen molar-refractivity contribution < 1.29 is 9.47 Å². The Morgan fingerprint density at radius 1 is 1.38 bits per heavy atom. The standard InChI is InChI=1S/C13H15NO2/c1-10(2)4-5-16-13-7-11(9-14)6-12(8-13)15-3/h6-8H,1,4-5H2,2-3H3. The van der Waals surface area contributed by atoms with E-state index in [-0.39, 0.29) is 0 Å². The van der Waals surface area contributed by atoms with Crippen molar-refractivity contribution in [2.45, 2.75) is 13.3 Å². The smallest absolute Gasteiger partial charge is 0.124 e. The first-order valence-corrected chi connectivity index (χ1v) is 5.02. The minimum absolute atomic E-state index is 0.532. The number of hydrogen-bond acceptors (Lipinski definition) is 3. The molecule has 0 bridgehead atoms. The Kier molecular flexibility index (Phi) is 4.41. The molecule has 0 aromatic heterocycles. The summed E-state index contributed by atoms with van der Waals surface area (Å²) < 4.78 is 10.6. The highest BCUT2D eigenvalue weighted by atomic mass is 16.5. The van der Waals surface area contributed by atoms with Crippen LogP contribution in [-0.2, 0) is 0 Å². The summed E-state index contributed by atoms with van der Waals surface area (Å²) >= 11 is 0. The zero-order chi connectivity index (χ0) is 12.0. The van der Waals surface area contributed by atoms with Gasteiger partial charge in [0.2, 0.25) is 0 Å². The Balaban J connectivity index is 2.72. The van der Waals surface area contributed by atoms with Crippen LogP contribution >= 0.6 is 0 Å². The molecule has 0 radical (unpaired) electrons. The van der Waals surface area contributed by atoms with Crippen LogP contribution in [0.5, 0.6) is 11.5 Å². The van der Waals surface area contributed by atoms with Crippen LogP contribution in [0.4, 0.5) is 0 Å². The minimum atomic E-state index is 0.532. The molecule has 0 saturated heterocycles. The van der Waals surface area contributed by atoms with Gasteiger partial charge in [-0.1, -0.05) is 5.57 Å². The van der Waals surface area contributed by atoms with Gasteiger partial charge < -0.3 is 9.47 Å². The third-order valence-corrected chi connectivity index (χ3v) is 2.04. The quantitative estimate of drug-likeness (QED) is 0.712. The Labute approximate surface area is 95.9 Å². The van der Waals surface area contributed by atoms with E-state index in [1.165, 1.54) is 0 Å². The Morgan fingerprint density at radius 3 is 2.62 bits per heavy atom. The van der Waals surface area contributed by atoms with Crippen LogP contribution in [0.3, 0.4) is 0 Å². The van der Waals surface area contributed by atoms with Crippen LogP contribution in [-0.4, -0.2) is 13.7 Å². The first kappa shape index (κ1) is 12.1. The fourth-order valence-corrected chi connectivity index (χ4v) is 1.18. The van der Waals surface area contributed by atoms with E-state index in [0.717, 1.165) is 12.0 Å². The summed E-state index contributed by atoms with van der Waals surface area (Å²) in [7, 11) is 1.56. The highest BCUT2D eigenvalue weighted by Crippen LogP contribution is 2.22. The average molecular weight is 217 g/mol. The molecule has 0 aliphatic rings. The zero-order valence-corrected chi connectivity index (χ0v) is 9.62. The number of rotatable bonds is 5. The van der Waals surface area contributed by atoms with E-state index in [4.69, 9.17) is 14.7 Å². The molecule has 0 aliphatic heterocycles. The lowest BCUT2D eigenvalue weighted by Crippen LogP contribution is -1.98. The molecule has 0 heterocycles. The molecular formula is C13H15NO2. The Morgan fingerprint density at radius 2 is 2.06 bits per heavy atom. The first-order chi connectivity index (χ1) is 7.65. The van der Waals surface area contributed by atoms with Crippen LogP contribution in [0.1, 0.15) is 18.9 Å². The van der Waals surface area contributed by atoms with Crippen LogP contribution in [0, 0.1) is 11.3 Å². The molecule has 0 unspecified atom stereocenters. The fraction of sp³-hybridized carbons (Fsp3) is 0.308. The molecule has 0 atom stereocenters. The second-order valence-corrected chi connectivity index (χ2v) is 3.56. The van der Waals surface area contributed by atoms with Crippen LogP contribution < -0.4 is 9.47 Å². The van der Waals surface area contributed by atoms with Crippen molar-refractivity contribution in [1.82, 2.24) is 0 Å². The molecule has 16 heavy (non-hydrogen) atoms. The summed E-state index contributed by atoms with van der Waals surface area (Å²) in [5.74, 6) is 1.28. The summed E-state index contributed by atoms with van der Waals surface area (Å²) in [6, 6.07) is 7.19. The lowest BCUT2D eigenvalue weighted by atomic mass is 10.2. The van der Waals surface area contributed by atoms with Gasteiger partial charge in [0, 0.05) is 12.5 Å². The van der Waals surface area contributed by atoms with Gasteiger partial charge in [0.15, 0.2) is 0 Å². The molecule has 1 aromatic rings. The van der Waals surface area contributed by atoms with E-state index in [2.05, 4.69) is 12.6 Å². The molecule has 1 rings (SSSR count). The van der Waals surface area contributed by atoms with Crippen LogP contribution in [0.15, 0.2) is 30.4 Å². The third-order valence-electron chi connectivity index (χ3n) is 2.04. The molecule has 0 amide bonds. The van der Waals surface area contributed by atoms with E-state index in [1.807, 2.05) is 6.92 Å². The summed E-state index contributed by atoms with van der Waals surface area (Å²) in [6.07, 6.45) is 0.805. The van der Waals surface area contributed by atoms with Gasteiger partial charge in [-0.05, 0) is 19.1 Å². The maximum absolute atomic E-state index is 8.82. The van der Waals surface area contributed by atoms with Gasteiger partial charge in [-0.15, -0.1) is 6.58 Å².